The molecular formula is C21H24ClN3O2. The van der Waals surface area contributed by atoms with Gasteiger partial charge in [-0.15, -0.1) is 0 Å². The van der Waals surface area contributed by atoms with Gasteiger partial charge in [-0.05, 0) is 43.7 Å². The summed E-state index contributed by atoms with van der Waals surface area (Å²) in [6, 6.07) is 8.76. The van der Waals surface area contributed by atoms with Crippen LogP contribution in [0.1, 0.15) is 48.3 Å². The molecule has 0 bridgehead atoms. The van der Waals surface area contributed by atoms with Crippen molar-refractivity contribution in [2.75, 3.05) is 13.1 Å². The average Bonchev–Trinajstić information content (AvgIpc) is 2.68. The summed E-state index contributed by atoms with van der Waals surface area (Å²) in [4.78, 5) is 27.4. The van der Waals surface area contributed by atoms with Crippen LogP contribution < -0.4 is 5.43 Å². The van der Waals surface area contributed by atoms with Crippen molar-refractivity contribution in [1.82, 2.24) is 14.7 Å². The van der Waals surface area contributed by atoms with Crippen LogP contribution in [-0.2, 0) is 0 Å². The number of piperidine rings is 1. The van der Waals surface area contributed by atoms with Crippen molar-refractivity contribution in [3.63, 3.8) is 0 Å². The van der Waals surface area contributed by atoms with Gasteiger partial charge in [0.25, 0.3) is 5.91 Å². The van der Waals surface area contributed by atoms with Crippen molar-refractivity contribution >= 4 is 17.5 Å². The fraction of sp³-hybridized carbons (Fsp3) is 0.476. The van der Waals surface area contributed by atoms with Crippen LogP contribution in [0.5, 0.6) is 0 Å². The molecule has 5 nitrogen and oxygen atoms in total. The van der Waals surface area contributed by atoms with E-state index in [-0.39, 0.29) is 17.0 Å². The second-order valence-electron chi connectivity index (χ2n) is 7.71. The molecule has 0 radical (unpaired) electrons. The molecule has 0 N–H and O–H groups in total. The van der Waals surface area contributed by atoms with Gasteiger partial charge in [-0.2, -0.15) is 5.10 Å². The Morgan fingerprint density at radius 1 is 1.15 bits per heavy atom. The number of aryl methyl sites for hydroxylation is 1. The number of hydrogen-bond donors (Lipinski definition) is 0. The van der Waals surface area contributed by atoms with Crippen LogP contribution in [0.2, 0.25) is 5.02 Å². The van der Waals surface area contributed by atoms with E-state index >= 15 is 0 Å². The number of fused-ring (bicyclic) bond motifs is 1. The number of halogens is 1. The topological polar surface area (TPSA) is 55.2 Å². The highest BCUT2D eigenvalue weighted by Gasteiger charge is 2.34. The van der Waals surface area contributed by atoms with E-state index in [0.717, 1.165) is 18.9 Å². The van der Waals surface area contributed by atoms with Gasteiger partial charge in [0.15, 0.2) is 5.69 Å². The van der Waals surface area contributed by atoms with Crippen LogP contribution in [0, 0.1) is 18.8 Å². The van der Waals surface area contributed by atoms with Crippen LogP contribution in [0.25, 0.3) is 5.69 Å². The van der Waals surface area contributed by atoms with E-state index in [2.05, 4.69) is 5.10 Å². The lowest BCUT2D eigenvalue weighted by molar-refractivity contribution is 0.0512. The maximum atomic E-state index is 13.1. The molecule has 2 atom stereocenters. The zero-order valence-corrected chi connectivity index (χ0v) is 16.3. The number of carbonyl (C=O) groups excluding carboxylic acids is 1. The van der Waals surface area contributed by atoms with E-state index in [1.165, 1.54) is 31.7 Å². The normalized spacial score (nSPS) is 22.4. The lowest BCUT2D eigenvalue weighted by Crippen LogP contribution is -2.46. The summed E-state index contributed by atoms with van der Waals surface area (Å²) in [5.41, 5.74) is 0.966. The monoisotopic (exact) mass is 385 g/mol. The number of hydrogen-bond acceptors (Lipinski definition) is 3. The van der Waals surface area contributed by atoms with Crippen molar-refractivity contribution in [2.24, 2.45) is 11.8 Å². The third-order valence-electron chi connectivity index (χ3n) is 5.97. The predicted octanol–water partition coefficient (Wildman–Crippen LogP) is 3.85. The highest BCUT2D eigenvalue weighted by Crippen LogP contribution is 2.36. The van der Waals surface area contributed by atoms with Crippen molar-refractivity contribution in [1.29, 1.82) is 0 Å². The zero-order chi connectivity index (χ0) is 19.0. The highest BCUT2D eigenvalue weighted by molar-refractivity contribution is 6.32. The Balaban J connectivity index is 1.65. The Bertz CT molecular complexity index is 924. The molecule has 4 rings (SSSR count). The van der Waals surface area contributed by atoms with Gasteiger partial charge < -0.3 is 4.90 Å². The first-order valence-electron chi connectivity index (χ1n) is 9.70. The number of likely N-dealkylation sites (tertiary alicyclic amines) is 1. The maximum absolute atomic E-state index is 13.1. The summed E-state index contributed by atoms with van der Waals surface area (Å²) in [5.74, 6) is 1.03. The van der Waals surface area contributed by atoms with Crippen molar-refractivity contribution < 1.29 is 4.79 Å². The summed E-state index contributed by atoms with van der Waals surface area (Å²) in [6.45, 7) is 3.24. The van der Waals surface area contributed by atoms with Crippen molar-refractivity contribution in [3.8, 4) is 5.69 Å². The number of rotatable bonds is 2. The SMILES string of the molecule is Cc1cc(=O)c(C(=O)N2CCC3CCCCC3C2)nn1-c1ccccc1Cl. The number of carbonyl (C=O) groups is 1. The fourth-order valence-corrected chi connectivity index (χ4v) is 4.71. The van der Waals surface area contributed by atoms with E-state index in [1.54, 1.807) is 17.7 Å². The van der Waals surface area contributed by atoms with Crippen LogP contribution in [0.15, 0.2) is 35.1 Å². The minimum atomic E-state index is -0.327. The smallest absolute Gasteiger partial charge is 0.278 e. The largest absolute Gasteiger partial charge is 0.337 e. The van der Waals surface area contributed by atoms with Gasteiger partial charge in [0.2, 0.25) is 5.43 Å². The van der Waals surface area contributed by atoms with E-state index in [0.29, 0.717) is 28.9 Å². The summed E-state index contributed by atoms with van der Waals surface area (Å²) >= 11 is 6.29. The number of para-hydroxylation sites is 1. The molecule has 2 aliphatic rings. The molecule has 1 aliphatic carbocycles. The number of nitrogens with zero attached hydrogens (tertiary/aromatic N) is 3. The first-order chi connectivity index (χ1) is 13.0. The quantitative estimate of drug-likeness (QED) is 0.789. The Labute approximate surface area is 163 Å². The molecule has 1 aliphatic heterocycles. The summed E-state index contributed by atoms with van der Waals surface area (Å²) in [7, 11) is 0. The summed E-state index contributed by atoms with van der Waals surface area (Å²) in [6.07, 6.45) is 6.03. The van der Waals surface area contributed by atoms with Crippen molar-refractivity contribution in [3.05, 3.63) is 57.0 Å². The van der Waals surface area contributed by atoms with Crippen LogP contribution >= 0.6 is 11.6 Å². The van der Waals surface area contributed by atoms with Gasteiger partial charge in [0.05, 0.1) is 10.7 Å². The van der Waals surface area contributed by atoms with Crippen LogP contribution in [0.3, 0.4) is 0 Å². The van der Waals surface area contributed by atoms with E-state index < -0.39 is 0 Å². The Morgan fingerprint density at radius 2 is 1.89 bits per heavy atom. The number of aromatic nitrogens is 2. The highest BCUT2D eigenvalue weighted by atomic mass is 35.5. The fourth-order valence-electron chi connectivity index (χ4n) is 4.50. The molecule has 1 aromatic heterocycles. The van der Waals surface area contributed by atoms with Crippen LogP contribution in [0.4, 0.5) is 0 Å². The molecule has 1 saturated carbocycles. The molecule has 0 spiro atoms. The van der Waals surface area contributed by atoms with Gasteiger partial charge >= 0.3 is 0 Å². The molecule has 1 saturated heterocycles. The minimum absolute atomic E-state index is 0.0187. The van der Waals surface area contributed by atoms with Crippen molar-refractivity contribution in [2.45, 2.75) is 39.0 Å². The first-order valence-corrected chi connectivity index (χ1v) is 10.1. The molecule has 6 heteroatoms. The van der Waals surface area contributed by atoms with E-state index in [9.17, 15) is 9.59 Å². The summed E-state index contributed by atoms with van der Waals surface area (Å²) in [5, 5.41) is 4.94. The number of benzene rings is 1. The third-order valence-corrected chi connectivity index (χ3v) is 6.29. The van der Waals surface area contributed by atoms with Gasteiger partial charge in [-0.3, -0.25) is 9.59 Å². The first kappa shape index (κ1) is 18.2. The Morgan fingerprint density at radius 3 is 2.67 bits per heavy atom. The molecule has 1 aromatic carbocycles. The second kappa shape index (κ2) is 7.47. The Kier molecular flexibility index (Phi) is 5.04. The van der Waals surface area contributed by atoms with Crippen LogP contribution in [-0.4, -0.2) is 33.7 Å². The molecule has 2 heterocycles. The van der Waals surface area contributed by atoms with Gasteiger partial charge in [-0.25, -0.2) is 4.68 Å². The third kappa shape index (κ3) is 3.53. The predicted molar refractivity (Wildman–Crippen MR) is 106 cm³/mol. The van der Waals surface area contributed by atoms with E-state index in [4.69, 9.17) is 11.6 Å². The molecule has 142 valence electrons. The molecule has 27 heavy (non-hydrogen) atoms. The van der Waals surface area contributed by atoms with Gasteiger partial charge in [0, 0.05) is 24.8 Å². The Hall–Kier alpha value is -2.14. The zero-order valence-electron chi connectivity index (χ0n) is 15.5. The molecule has 1 amide bonds. The lowest BCUT2D eigenvalue weighted by atomic mass is 9.75. The van der Waals surface area contributed by atoms with Gasteiger partial charge in [0.1, 0.15) is 0 Å². The second-order valence-corrected chi connectivity index (χ2v) is 8.11. The minimum Gasteiger partial charge on any atom is -0.337 e. The molecule has 2 aromatic rings. The van der Waals surface area contributed by atoms with E-state index in [1.807, 2.05) is 23.1 Å². The molecular weight excluding hydrogens is 362 g/mol. The maximum Gasteiger partial charge on any atom is 0.278 e. The van der Waals surface area contributed by atoms with Gasteiger partial charge in [-0.1, -0.05) is 43.0 Å². The molecule has 2 fully saturated rings. The lowest BCUT2D eigenvalue weighted by Gasteiger charge is -2.41. The summed E-state index contributed by atoms with van der Waals surface area (Å²) < 4.78 is 1.59. The standard InChI is InChI=1S/C21H24ClN3O2/c1-14-12-19(26)20(23-25(14)18-9-5-4-8-17(18)22)21(27)24-11-10-15-6-2-3-7-16(15)13-24/h4-5,8-9,12,15-16H,2-3,6-7,10-11,13H2,1H3. The average molecular weight is 386 g/mol. The molecule has 2 unspecified atom stereocenters. The number of amides is 1.